The van der Waals surface area contributed by atoms with Crippen LogP contribution >= 0.6 is 0 Å². The number of hydrogen-bond acceptors (Lipinski definition) is 2. The standard InChI is InChI=1S/C15H17F2NO3/c16-12-5-4-9(6-13(12)17)7-14(19)18-11-3-1-2-10(8-11)15(20)21/h4-6,10-11H,1-3,7-8H2,(H,18,19)(H,20,21). The van der Waals surface area contributed by atoms with Crippen LogP contribution in [0, 0.1) is 17.6 Å². The zero-order valence-electron chi connectivity index (χ0n) is 11.4. The first kappa shape index (κ1) is 15.4. The Bertz CT molecular complexity index is 548. The Labute approximate surface area is 121 Å². The smallest absolute Gasteiger partial charge is 0.306 e. The average molecular weight is 297 g/mol. The minimum Gasteiger partial charge on any atom is -0.481 e. The molecule has 0 saturated heterocycles. The van der Waals surface area contributed by atoms with E-state index in [9.17, 15) is 18.4 Å². The van der Waals surface area contributed by atoms with Crippen LogP contribution in [0.2, 0.25) is 0 Å². The molecule has 1 aliphatic rings. The lowest BCUT2D eigenvalue weighted by atomic mass is 9.85. The molecule has 0 aromatic heterocycles. The van der Waals surface area contributed by atoms with Crippen molar-refractivity contribution >= 4 is 11.9 Å². The molecule has 2 rings (SSSR count). The number of benzene rings is 1. The summed E-state index contributed by atoms with van der Waals surface area (Å²) in [6.45, 7) is 0. The molecular weight excluding hydrogens is 280 g/mol. The van der Waals surface area contributed by atoms with E-state index in [1.54, 1.807) is 0 Å². The van der Waals surface area contributed by atoms with Crippen LogP contribution in [-0.4, -0.2) is 23.0 Å². The maximum absolute atomic E-state index is 13.1. The molecule has 21 heavy (non-hydrogen) atoms. The number of carboxylic acids is 1. The minimum absolute atomic E-state index is 0.0502. The van der Waals surface area contributed by atoms with Crippen LogP contribution in [0.1, 0.15) is 31.2 Å². The Morgan fingerprint density at radius 3 is 2.67 bits per heavy atom. The van der Waals surface area contributed by atoms with Crippen molar-refractivity contribution in [3.63, 3.8) is 0 Å². The number of carbonyl (C=O) groups excluding carboxylic acids is 1. The highest BCUT2D eigenvalue weighted by molar-refractivity contribution is 5.79. The van der Waals surface area contributed by atoms with Gasteiger partial charge in [-0.05, 0) is 37.0 Å². The van der Waals surface area contributed by atoms with E-state index in [1.165, 1.54) is 6.07 Å². The van der Waals surface area contributed by atoms with E-state index in [0.717, 1.165) is 25.0 Å². The van der Waals surface area contributed by atoms with Gasteiger partial charge in [0.2, 0.25) is 5.91 Å². The van der Waals surface area contributed by atoms with Gasteiger partial charge >= 0.3 is 5.97 Å². The van der Waals surface area contributed by atoms with Crippen molar-refractivity contribution in [1.82, 2.24) is 5.32 Å². The van der Waals surface area contributed by atoms with Crippen LogP contribution in [0.3, 0.4) is 0 Å². The van der Waals surface area contributed by atoms with E-state index in [-0.39, 0.29) is 18.4 Å². The Balaban J connectivity index is 1.89. The molecule has 1 aromatic carbocycles. The van der Waals surface area contributed by atoms with Crippen LogP contribution in [0.5, 0.6) is 0 Å². The van der Waals surface area contributed by atoms with Crippen molar-refractivity contribution in [3.05, 3.63) is 35.4 Å². The zero-order chi connectivity index (χ0) is 15.4. The molecule has 2 N–H and O–H groups in total. The number of amides is 1. The third-order valence-corrected chi connectivity index (χ3v) is 3.74. The summed E-state index contributed by atoms with van der Waals surface area (Å²) in [6, 6.07) is 3.17. The summed E-state index contributed by atoms with van der Waals surface area (Å²) in [7, 11) is 0. The van der Waals surface area contributed by atoms with Gasteiger partial charge in [0.05, 0.1) is 12.3 Å². The summed E-state index contributed by atoms with van der Waals surface area (Å²) >= 11 is 0. The van der Waals surface area contributed by atoms with Gasteiger partial charge in [0, 0.05) is 6.04 Å². The molecule has 1 amide bonds. The molecule has 0 aliphatic heterocycles. The summed E-state index contributed by atoms with van der Waals surface area (Å²) in [6.07, 6.45) is 2.50. The SMILES string of the molecule is O=C(Cc1ccc(F)c(F)c1)NC1CCCC(C(=O)O)C1. The molecule has 0 radical (unpaired) electrons. The van der Waals surface area contributed by atoms with Crippen LogP contribution in [0.25, 0.3) is 0 Å². The second kappa shape index (κ2) is 6.65. The molecule has 0 bridgehead atoms. The number of carboxylic acid groups (broad SMARTS) is 1. The van der Waals surface area contributed by atoms with Crippen LogP contribution in [0.4, 0.5) is 8.78 Å². The van der Waals surface area contributed by atoms with Gasteiger partial charge in [-0.25, -0.2) is 8.78 Å². The predicted molar refractivity (Wildman–Crippen MR) is 71.6 cm³/mol. The van der Waals surface area contributed by atoms with Gasteiger partial charge in [-0.2, -0.15) is 0 Å². The van der Waals surface area contributed by atoms with E-state index in [0.29, 0.717) is 18.4 Å². The maximum atomic E-state index is 13.1. The second-order valence-corrected chi connectivity index (χ2v) is 5.39. The molecule has 0 heterocycles. The number of nitrogens with one attached hydrogen (secondary N) is 1. The average Bonchev–Trinajstić information content (AvgIpc) is 2.43. The molecule has 0 spiro atoms. The number of rotatable bonds is 4. The predicted octanol–water partition coefficient (Wildman–Crippen LogP) is 2.27. The lowest BCUT2D eigenvalue weighted by Crippen LogP contribution is -2.40. The van der Waals surface area contributed by atoms with E-state index >= 15 is 0 Å². The molecule has 1 fully saturated rings. The number of halogens is 2. The fourth-order valence-corrected chi connectivity index (χ4v) is 2.66. The lowest BCUT2D eigenvalue weighted by molar-refractivity contribution is -0.143. The van der Waals surface area contributed by atoms with Gasteiger partial charge in [0.25, 0.3) is 0 Å². The van der Waals surface area contributed by atoms with Crippen LogP contribution in [0.15, 0.2) is 18.2 Å². The fraction of sp³-hybridized carbons (Fsp3) is 0.467. The van der Waals surface area contributed by atoms with Crippen molar-refractivity contribution in [2.45, 2.75) is 38.1 Å². The van der Waals surface area contributed by atoms with Gasteiger partial charge in [-0.3, -0.25) is 9.59 Å². The van der Waals surface area contributed by atoms with Gasteiger partial charge in [0.1, 0.15) is 0 Å². The maximum Gasteiger partial charge on any atom is 0.306 e. The summed E-state index contributed by atoms with van der Waals surface area (Å²) in [5.74, 6) is -3.50. The largest absolute Gasteiger partial charge is 0.481 e. The Morgan fingerprint density at radius 2 is 2.00 bits per heavy atom. The molecule has 4 nitrogen and oxygen atoms in total. The first-order valence-corrected chi connectivity index (χ1v) is 6.92. The normalized spacial score (nSPS) is 21.8. The summed E-state index contributed by atoms with van der Waals surface area (Å²) in [4.78, 5) is 22.8. The molecule has 2 atom stereocenters. The van der Waals surface area contributed by atoms with Crippen molar-refractivity contribution < 1.29 is 23.5 Å². The second-order valence-electron chi connectivity index (χ2n) is 5.39. The zero-order valence-corrected chi connectivity index (χ0v) is 11.4. The molecule has 1 saturated carbocycles. The van der Waals surface area contributed by atoms with E-state index in [2.05, 4.69) is 5.32 Å². The van der Waals surface area contributed by atoms with Crippen molar-refractivity contribution in [2.75, 3.05) is 0 Å². The van der Waals surface area contributed by atoms with Gasteiger partial charge in [0.15, 0.2) is 11.6 Å². The quantitative estimate of drug-likeness (QED) is 0.896. The van der Waals surface area contributed by atoms with Crippen molar-refractivity contribution in [2.24, 2.45) is 5.92 Å². The lowest BCUT2D eigenvalue weighted by Gasteiger charge is -2.27. The molecule has 1 aliphatic carbocycles. The molecule has 6 heteroatoms. The highest BCUT2D eigenvalue weighted by atomic mass is 19.2. The number of carbonyl (C=O) groups is 2. The van der Waals surface area contributed by atoms with Gasteiger partial charge in [-0.15, -0.1) is 0 Å². The molecule has 114 valence electrons. The van der Waals surface area contributed by atoms with Crippen molar-refractivity contribution in [3.8, 4) is 0 Å². The Morgan fingerprint density at radius 1 is 1.24 bits per heavy atom. The molecule has 2 unspecified atom stereocenters. The topological polar surface area (TPSA) is 66.4 Å². The van der Waals surface area contributed by atoms with Crippen molar-refractivity contribution in [1.29, 1.82) is 0 Å². The van der Waals surface area contributed by atoms with Crippen LogP contribution in [-0.2, 0) is 16.0 Å². The van der Waals surface area contributed by atoms with Gasteiger partial charge in [-0.1, -0.05) is 12.5 Å². The Kier molecular flexibility index (Phi) is 4.88. The van der Waals surface area contributed by atoms with E-state index in [1.807, 2.05) is 0 Å². The van der Waals surface area contributed by atoms with E-state index < -0.39 is 23.5 Å². The summed E-state index contributed by atoms with van der Waals surface area (Å²) < 4.78 is 25.9. The highest BCUT2D eigenvalue weighted by Gasteiger charge is 2.27. The third kappa shape index (κ3) is 4.24. The monoisotopic (exact) mass is 297 g/mol. The van der Waals surface area contributed by atoms with E-state index in [4.69, 9.17) is 5.11 Å². The number of aliphatic carboxylic acids is 1. The Hall–Kier alpha value is -1.98. The first-order chi connectivity index (χ1) is 9.95. The summed E-state index contributed by atoms with van der Waals surface area (Å²) in [5, 5.41) is 11.8. The first-order valence-electron chi connectivity index (χ1n) is 6.92. The highest BCUT2D eigenvalue weighted by Crippen LogP contribution is 2.24. The van der Waals surface area contributed by atoms with Crippen LogP contribution < -0.4 is 5.32 Å². The number of hydrogen-bond donors (Lipinski definition) is 2. The third-order valence-electron chi connectivity index (χ3n) is 3.74. The fourth-order valence-electron chi connectivity index (χ4n) is 2.66. The van der Waals surface area contributed by atoms with Gasteiger partial charge < -0.3 is 10.4 Å². The molecular formula is C15H17F2NO3. The minimum atomic E-state index is -0.982. The summed E-state index contributed by atoms with van der Waals surface area (Å²) in [5.41, 5.74) is 0.386. The molecule has 1 aromatic rings.